The van der Waals surface area contributed by atoms with E-state index in [1.54, 1.807) is 12.1 Å². The van der Waals surface area contributed by atoms with Gasteiger partial charge in [0.1, 0.15) is 5.82 Å². The summed E-state index contributed by atoms with van der Waals surface area (Å²) in [7, 11) is 0. The van der Waals surface area contributed by atoms with Crippen molar-refractivity contribution in [3.05, 3.63) is 35.6 Å². The Labute approximate surface area is 84.1 Å². The minimum Gasteiger partial charge on any atom is -0.328 e. The molecule has 3 atom stereocenters. The number of nitrogens with two attached hydrogens (primary N) is 1. The number of halogens is 1. The van der Waals surface area contributed by atoms with E-state index in [1.807, 2.05) is 13.0 Å². The van der Waals surface area contributed by atoms with Gasteiger partial charge >= 0.3 is 0 Å². The summed E-state index contributed by atoms with van der Waals surface area (Å²) in [4.78, 5) is 0. The van der Waals surface area contributed by atoms with E-state index < -0.39 is 0 Å². The highest BCUT2D eigenvalue weighted by Crippen LogP contribution is 2.55. The lowest BCUT2D eigenvalue weighted by Crippen LogP contribution is -2.22. The lowest BCUT2D eigenvalue weighted by Gasteiger charge is -2.13. The van der Waals surface area contributed by atoms with Gasteiger partial charge in [-0.15, -0.1) is 0 Å². The van der Waals surface area contributed by atoms with Gasteiger partial charge in [0, 0.05) is 6.04 Å². The van der Waals surface area contributed by atoms with E-state index in [0.29, 0.717) is 5.92 Å². The third-order valence-corrected chi connectivity index (χ3v) is 3.42. The average molecular weight is 193 g/mol. The van der Waals surface area contributed by atoms with Gasteiger partial charge in [0.2, 0.25) is 0 Å². The Bertz CT molecular complexity index is 348. The van der Waals surface area contributed by atoms with Crippen molar-refractivity contribution < 1.29 is 4.39 Å². The van der Waals surface area contributed by atoms with Gasteiger partial charge in [0.15, 0.2) is 0 Å². The molecule has 0 aromatic heterocycles. The highest BCUT2D eigenvalue weighted by molar-refractivity contribution is 5.33. The molecular formula is C12H16FN. The van der Waals surface area contributed by atoms with Gasteiger partial charge in [-0.1, -0.05) is 19.1 Å². The highest BCUT2D eigenvalue weighted by atomic mass is 19.1. The summed E-state index contributed by atoms with van der Waals surface area (Å²) in [5, 5.41) is 0. The molecule has 0 heterocycles. The van der Waals surface area contributed by atoms with E-state index in [1.165, 1.54) is 6.07 Å². The molecule has 1 nitrogen and oxygen atoms in total. The summed E-state index contributed by atoms with van der Waals surface area (Å²) in [6.45, 7) is 4.19. The molecule has 0 radical (unpaired) electrons. The fourth-order valence-corrected chi connectivity index (χ4v) is 2.34. The first kappa shape index (κ1) is 9.66. The van der Waals surface area contributed by atoms with Crippen molar-refractivity contribution in [2.45, 2.75) is 31.7 Å². The summed E-state index contributed by atoms with van der Waals surface area (Å²) in [6, 6.07) is 7.07. The summed E-state index contributed by atoms with van der Waals surface area (Å²) in [6.07, 6.45) is 1.08. The van der Waals surface area contributed by atoms with E-state index in [0.717, 1.165) is 12.0 Å². The second kappa shape index (κ2) is 3.06. The molecule has 3 unspecified atom stereocenters. The van der Waals surface area contributed by atoms with Crippen LogP contribution in [0.3, 0.4) is 0 Å². The topological polar surface area (TPSA) is 26.0 Å². The zero-order chi connectivity index (χ0) is 10.3. The van der Waals surface area contributed by atoms with E-state index in [2.05, 4.69) is 6.92 Å². The first-order chi connectivity index (χ1) is 6.54. The van der Waals surface area contributed by atoms with Crippen LogP contribution in [-0.4, -0.2) is 6.04 Å². The second-order valence-corrected chi connectivity index (χ2v) is 4.60. The molecule has 14 heavy (non-hydrogen) atoms. The molecule has 0 bridgehead atoms. The predicted molar refractivity (Wildman–Crippen MR) is 55.5 cm³/mol. The number of rotatable bonds is 2. The quantitative estimate of drug-likeness (QED) is 0.767. The van der Waals surface area contributed by atoms with Gasteiger partial charge in [0.05, 0.1) is 0 Å². The van der Waals surface area contributed by atoms with Crippen LogP contribution in [0.1, 0.15) is 25.8 Å². The monoisotopic (exact) mass is 193 g/mol. The van der Waals surface area contributed by atoms with E-state index in [-0.39, 0.29) is 17.3 Å². The number of hydrogen-bond donors (Lipinski definition) is 1. The van der Waals surface area contributed by atoms with Crippen LogP contribution in [0.25, 0.3) is 0 Å². The summed E-state index contributed by atoms with van der Waals surface area (Å²) in [5.74, 6) is 0.350. The molecule has 1 aliphatic carbocycles. The van der Waals surface area contributed by atoms with Crippen molar-refractivity contribution in [2.75, 3.05) is 0 Å². The van der Waals surface area contributed by atoms with Crippen LogP contribution in [-0.2, 0) is 5.41 Å². The molecule has 0 amide bonds. The highest BCUT2D eigenvalue weighted by Gasteiger charge is 2.52. The molecule has 1 aromatic carbocycles. The zero-order valence-corrected chi connectivity index (χ0v) is 8.63. The molecule has 1 saturated carbocycles. The maximum atomic E-state index is 13.0. The Morgan fingerprint density at radius 1 is 1.57 bits per heavy atom. The standard InChI is InChI=1S/C12H16FN/c1-8(14)11-7-12(11,2)9-4-3-5-10(13)6-9/h3-6,8,11H,7,14H2,1-2H3. The lowest BCUT2D eigenvalue weighted by atomic mass is 9.93. The van der Waals surface area contributed by atoms with Crippen molar-refractivity contribution in [3.63, 3.8) is 0 Å². The molecule has 1 aliphatic rings. The van der Waals surface area contributed by atoms with Crippen molar-refractivity contribution in [3.8, 4) is 0 Å². The normalized spacial score (nSPS) is 32.7. The fourth-order valence-electron chi connectivity index (χ4n) is 2.34. The van der Waals surface area contributed by atoms with Gasteiger partial charge < -0.3 is 5.73 Å². The van der Waals surface area contributed by atoms with Crippen molar-refractivity contribution in [1.82, 2.24) is 0 Å². The molecule has 2 heteroatoms. The minimum absolute atomic E-state index is 0.107. The maximum absolute atomic E-state index is 13.0. The van der Waals surface area contributed by atoms with Crippen molar-refractivity contribution in [1.29, 1.82) is 0 Å². The molecular weight excluding hydrogens is 177 g/mol. The van der Waals surface area contributed by atoms with Crippen molar-refractivity contribution in [2.24, 2.45) is 11.7 Å². The summed E-state index contributed by atoms with van der Waals surface area (Å²) >= 11 is 0. The molecule has 2 rings (SSSR count). The van der Waals surface area contributed by atoms with Crippen LogP contribution in [0.15, 0.2) is 24.3 Å². The van der Waals surface area contributed by atoms with Gasteiger partial charge in [-0.25, -0.2) is 4.39 Å². The van der Waals surface area contributed by atoms with Gasteiger partial charge in [-0.05, 0) is 42.4 Å². The number of benzene rings is 1. The van der Waals surface area contributed by atoms with Crippen LogP contribution < -0.4 is 5.73 Å². The third kappa shape index (κ3) is 1.44. The van der Waals surface area contributed by atoms with Gasteiger partial charge in [-0.2, -0.15) is 0 Å². The zero-order valence-electron chi connectivity index (χ0n) is 8.63. The molecule has 2 N–H and O–H groups in total. The average Bonchev–Trinajstić information content (AvgIpc) is 2.80. The molecule has 0 aliphatic heterocycles. The molecule has 1 aromatic rings. The van der Waals surface area contributed by atoms with Crippen molar-refractivity contribution >= 4 is 0 Å². The minimum atomic E-state index is -0.154. The Morgan fingerprint density at radius 2 is 2.29 bits per heavy atom. The van der Waals surface area contributed by atoms with Crippen LogP contribution in [0.5, 0.6) is 0 Å². The van der Waals surface area contributed by atoms with Gasteiger partial charge in [0.25, 0.3) is 0 Å². The van der Waals surface area contributed by atoms with Gasteiger partial charge in [-0.3, -0.25) is 0 Å². The molecule has 76 valence electrons. The molecule has 0 saturated heterocycles. The van der Waals surface area contributed by atoms with Crippen LogP contribution in [0, 0.1) is 11.7 Å². The maximum Gasteiger partial charge on any atom is 0.123 e. The smallest absolute Gasteiger partial charge is 0.123 e. The van der Waals surface area contributed by atoms with E-state index in [4.69, 9.17) is 5.73 Å². The summed E-state index contributed by atoms with van der Waals surface area (Å²) in [5.41, 5.74) is 7.05. The Hall–Kier alpha value is -0.890. The fraction of sp³-hybridized carbons (Fsp3) is 0.500. The van der Waals surface area contributed by atoms with Crippen LogP contribution in [0.4, 0.5) is 4.39 Å². The third-order valence-electron chi connectivity index (χ3n) is 3.42. The Balaban J connectivity index is 2.25. The predicted octanol–water partition coefficient (Wildman–Crippen LogP) is 2.45. The largest absolute Gasteiger partial charge is 0.328 e. The first-order valence-electron chi connectivity index (χ1n) is 5.05. The second-order valence-electron chi connectivity index (χ2n) is 4.60. The number of hydrogen-bond acceptors (Lipinski definition) is 1. The van der Waals surface area contributed by atoms with Crippen LogP contribution in [0.2, 0.25) is 0 Å². The molecule has 0 spiro atoms. The first-order valence-corrected chi connectivity index (χ1v) is 5.05. The van der Waals surface area contributed by atoms with E-state index >= 15 is 0 Å². The van der Waals surface area contributed by atoms with Crippen LogP contribution >= 0.6 is 0 Å². The Kier molecular flexibility index (Phi) is 2.11. The SMILES string of the molecule is CC(N)C1CC1(C)c1cccc(F)c1. The summed E-state index contributed by atoms with van der Waals surface area (Å²) < 4.78 is 13.0. The molecule has 1 fully saturated rings. The lowest BCUT2D eigenvalue weighted by molar-refractivity contribution is 0.558. The Morgan fingerprint density at radius 3 is 2.79 bits per heavy atom. The van der Waals surface area contributed by atoms with E-state index in [9.17, 15) is 4.39 Å².